The van der Waals surface area contributed by atoms with Gasteiger partial charge in [-0.1, -0.05) is 23.5 Å². The van der Waals surface area contributed by atoms with Crippen LogP contribution >= 0.6 is 11.3 Å². The molecule has 3 rings (SSSR count). The topological polar surface area (TPSA) is 88.4 Å². The smallest absolute Gasteiger partial charge is 0.325 e. The lowest BCUT2D eigenvalue weighted by molar-refractivity contribution is -0.141. The summed E-state index contributed by atoms with van der Waals surface area (Å²) in [5, 5.41) is 0. The number of amides is 1. The Balaban J connectivity index is 2.13. The molecule has 3 aromatic rings. The van der Waals surface area contributed by atoms with E-state index in [1.54, 1.807) is 4.57 Å². The largest absolute Gasteiger partial charge is 0.493 e. The number of esters is 1. The molecule has 0 radical (unpaired) electrons. The Kier molecular flexibility index (Phi) is 6.18. The number of thiazole rings is 1. The first-order valence-electron chi connectivity index (χ1n) is 8.56. The predicted molar refractivity (Wildman–Crippen MR) is 108 cm³/mol. The number of para-hydroxylation sites is 1. The van der Waals surface area contributed by atoms with Crippen LogP contribution in [0.5, 0.6) is 17.2 Å². The fourth-order valence-corrected chi connectivity index (χ4v) is 3.84. The van der Waals surface area contributed by atoms with E-state index in [1.807, 2.05) is 24.3 Å². The van der Waals surface area contributed by atoms with Gasteiger partial charge < -0.3 is 23.5 Å². The molecule has 152 valence electrons. The first-order valence-corrected chi connectivity index (χ1v) is 9.38. The van der Waals surface area contributed by atoms with E-state index in [-0.39, 0.29) is 12.1 Å². The molecule has 0 N–H and O–H groups in total. The van der Waals surface area contributed by atoms with E-state index < -0.39 is 11.9 Å². The summed E-state index contributed by atoms with van der Waals surface area (Å²) in [4.78, 5) is 29.4. The summed E-state index contributed by atoms with van der Waals surface area (Å²) in [6.07, 6.45) is 0. The van der Waals surface area contributed by atoms with Crippen molar-refractivity contribution in [3.05, 3.63) is 46.8 Å². The number of hydrogen-bond acceptors (Lipinski definition) is 7. The van der Waals surface area contributed by atoms with E-state index in [9.17, 15) is 9.59 Å². The first kappa shape index (κ1) is 20.4. The first-order chi connectivity index (χ1) is 14.0. The van der Waals surface area contributed by atoms with E-state index in [1.165, 1.54) is 51.9 Å². The minimum absolute atomic E-state index is 0.0537. The molecule has 0 saturated carbocycles. The summed E-state index contributed by atoms with van der Waals surface area (Å²) in [6.45, 7) is -0.0537. The maximum absolute atomic E-state index is 12.9. The molecule has 1 aromatic heterocycles. The minimum atomic E-state index is -0.505. The average Bonchev–Trinajstić information content (AvgIpc) is 3.09. The second-order valence-electron chi connectivity index (χ2n) is 5.85. The lowest BCUT2D eigenvalue weighted by Gasteiger charge is -2.12. The molecular weight excluding hydrogens is 396 g/mol. The normalized spacial score (nSPS) is 11.4. The van der Waals surface area contributed by atoms with Crippen LogP contribution < -0.4 is 19.0 Å². The van der Waals surface area contributed by atoms with Gasteiger partial charge in [0.05, 0.1) is 38.7 Å². The fourth-order valence-electron chi connectivity index (χ4n) is 2.81. The maximum atomic E-state index is 12.9. The van der Waals surface area contributed by atoms with Crippen LogP contribution in [-0.2, 0) is 16.1 Å². The van der Waals surface area contributed by atoms with Gasteiger partial charge in [0.15, 0.2) is 16.3 Å². The molecule has 0 atom stereocenters. The third kappa shape index (κ3) is 4.09. The third-order valence-electron chi connectivity index (χ3n) is 4.21. The van der Waals surface area contributed by atoms with E-state index >= 15 is 0 Å². The number of methoxy groups -OCH3 is 4. The van der Waals surface area contributed by atoms with Gasteiger partial charge in [-0.05, 0) is 24.3 Å². The maximum Gasteiger partial charge on any atom is 0.325 e. The van der Waals surface area contributed by atoms with Crippen LogP contribution in [-0.4, -0.2) is 44.9 Å². The standard InChI is InChI=1S/C20H20N2O6S/c1-25-14-9-12(10-15(26-2)18(14)28-4)19(24)21-20-22(11-17(23)27-3)13-7-5-6-8-16(13)29-20/h5-10H,11H2,1-4H3. The molecule has 0 saturated heterocycles. The van der Waals surface area contributed by atoms with Crippen LogP contribution in [0.3, 0.4) is 0 Å². The zero-order chi connectivity index (χ0) is 21.0. The van der Waals surface area contributed by atoms with Crippen molar-refractivity contribution >= 4 is 33.4 Å². The monoisotopic (exact) mass is 416 g/mol. The second kappa shape index (κ2) is 8.78. The lowest BCUT2D eigenvalue weighted by Crippen LogP contribution is -2.22. The summed E-state index contributed by atoms with van der Waals surface area (Å²) < 4.78 is 23.2. The quantitative estimate of drug-likeness (QED) is 0.574. The Morgan fingerprint density at radius 2 is 1.66 bits per heavy atom. The van der Waals surface area contributed by atoms with Crippen LogP contribution in [0.4, 0.5) is 0 Å². The number of rotatable bonds is 6. The van der Waals surface area contributed by atoms with Gasteiger partial charge in [-0.3, -0.25) is 9.59 Å². The van der Waals surface area contributed by atoms with E-state index in [4.69, 9.17) is 18.9 Å². The number of carbonyl (C=O) groups is 2. The second-order valence-corrected chi connectivity index (χ2v) is 6.85. The van der Waals surface area contributed by atoms with Gasteiger partial charge in [0.2, 0.25) is 5.75 Å². The summed E-state index contributed by atoms with van der Waals surface area (Å²) in [6, 6.07) is 10.6. The summed E-state index contributed by atoms with van der Waals surface area (Å²) in [7, 11) is 5.74. The van der Waals surface area contributed by atoms with Gasteiger partial charge in [0, 0.05) is 5.56 Å². The number of ether oxygens (including phenoxy) is 4. The molecule has 1 amide bonds. The van der Waals surface area contributed by atoms with Crippen molar-refractivity contribution in [3.8, 4) is 17.2 Å². The highest BCUT2D eigenvalue weighted by molar-refractivity contribution is 7.16. The number of carbonyl (C=O) groups excluding carboxylic acids is 2. The zero-order valence-corrected chi connectivity index (χ0v) is 17.2. The molecule has 8 nitrogen and oxygen atoms in total. The van der Waals surface area contributed by atoms with Gasteiger partial charge in [-0.2, -0.15) is 4.99 Å². The Hall–Kier alpha value is -3.33. The van der Waals surface area contributed by atoms with Crippen LogP contribution in [0, 0.1) is 0 Å². The molecule has 1 heterocycles. The highest BCUT2D eigenvalue weighted by Gasteiger charge is 2.18. The Morgan fingerprint density at radius 1 is 1.00 bits per heavy atom. The van der Waals surface area contributed by atoms with Crippen molar-refractivity contribution in [2.24, 2.45) is 4.99 Å². The van der Waals surface area contributed by atoms with Crippen molar-refractivity contribution < 1.29 is 28.5 Å². The Morgan fingerprint density at radius 3 is 2.24 bits per heavy atom. The van der Waals surface area contributed by atoms with E-state index in [2.05, 4.69) is 4.99 Å². The van der Waals surface area contributed by atoms with Crippen molar-refractivity contribution in [2.75, 3.05) is 28.4 Å². The van der Waals surface area contributed by atoms with Gasteiger partial charge in [0.1, 0.15) is 6.54 Å². The van der Waals surface area contributed by atoms with Crippen LogP contribution in [0.1, 0.15) is 10.4 Å². The van der Waals surface area contributed by atoms with E-state index in [0.29, 0.717) is 22.0 Å². The molecular formula is C20H20N2O6S. The molecule has 0 bridgehead atoms. The van der Waals surface area contributed by atoms with Crippen LogP contribution in [0.15, 0.2) is 41.4 Å². The fraction of sp³-hybridized carbons (Fsp3) is 0.250. The number of aromatic nitrogens is 1. The highest BCUT2D eigenvalue weighted by atomic mass is 32.1. The molecule has 0 fully saturated rings. The summed E-state index contributed by atoms with van der Waals surface area (Å²) >= 11 is 1.31. The molecule has 29 heavy (non-hydrogen) atoms. The number of nitrogens with zero attached hydrogens (tertiary/aromatic N) is 2. The zero-order valence-electron chi connectivity index (χ0n) is 16.4. The molecule has 0 aliphatic rings. The molecule has 9 heteroatoms. The molecule has 0 spiro atoms. The Labute approximate surface area is 170 Å². The Bertz CT molecular complexity index is 1110. The van der Waals surface area contributed by atoms with Crippen molar-refractivity contribution in [2.45, 2.75) is 6.54 Å². The predicted octanol–water partition coefficient (Wildman–Crippen LogP) is 2.64. The molecule has 0 unspecified atom stereocenters. The summed E-state index contributed by atoms with van der Waals surface area (Å²) in [5.74, 6) is 0.146. The van der Waals surface area contributed by atoms with Crippen LogP contribution in [0.25, 0.3) is 10.2 Å². The molecule has 2 aromatic carbocycles. The van der Waals surface area contributed by atoms with Gasteiger partial charge in [-0.15, -0.1) is 0 Å². The minimum Gasteiger partial charge on any atom is -0.493 e. The third-order valence-corrected chi connectivity index (χ3v) is 5.27. The number of fused-ring (bicyclic) bond motifs is 1. The molecule has 0 aliphatic heterocycles. The van der Waals surface area contributed by atoms with Crippen molar-refractivity contribution in [1.82, 2.24) is 4.57 Å². The summed E-state index contributed by atoms with van der Waals surface area (Å²) in [5.41, 5.74) is 1.06. The van der Waals surface area contributed by atoms with E-state index in [0.717, 1.165) is 10.2 Å². The van der Waals surface area contributed by atoms with Gasteiger partial charge >= 0.3 is 5.97 Å². The highest BCUT2D eigenvalue weighted by Crippen LogP contribution is 2.38. The van der Waals surface area contributed by atoms with Crippen molar-refractivity contribution in [1.29, 1.82) is 0 Å². The van der Waals surface area contributed by atoms with Gasteiger partial charge in [-0.25, -0.2) is 0 Å². The average molecular weight is 416 g/mol. The number of benzene rings is 2. The lowest BCUT2D eigenvalue weighted by atomic mass is 10.1. The van der Waals surface area contributed by atoms with Gasteiger partial charge in [0.25, 0.3) is 5.91 Å². The van der Waals surface area contributed by atoms with Crippen LogP contribution in [0.2, 0.25) is 0 Å². The van der Waals surface area contributed by atoms with Crippen molar-refractivity contribution in [3.63, 3.8) is 0 Å². The number of hydrogen-bond donors (Lipinski definition) is 0. The molecule has 0 aliphatic carbocycles. The SMILES string of the molecule is COC(=O)Cn1c(=NC(=O)c2cc(OC)c(OC)c(OC)c2)sc2ccccc21.